The Balaban J connectivity index is 2.33. The highest BCUT2D eigenvalue weighted by Gasteiger charge is 2.72. The number of hydrogen-bond acceptors (Lipinski definition) is 3. The molecule has 3 atom stereocenters. The Hall–Kier alpha value is -1.38. The van der Waals surface area contributed by atoms with E-state index >= 15 is 0 Å². The Morgan fingerprint density at radius 1 is 1.77 bits per heavy atom. The summed E-state index contributed by atoms with van der Waals surface area (Å²) in [6.07, 6.45) is 4.83. The number of allylic oxidation sites excluding steroid dienone is 2. The summed E-state index contributed by atoms with van der Waals surface area (Å²) in [5.41, 5.74) is -0.749. The Kier molecular flexibility index (Phi) is 1.46. The molecule has 0 spiro atoms. The van der Waals surface area contributed by atoms with Gasteiger partial charge in [-0.15, -0.1) is 6.58 Å². The van der Waals surface area contributed by atoms with E-state index < -0.39 is 5.41 Å². The number of rotatable bonds is 2. The maximum absolute atomic E-state index is 11.4. The van der Waals surface area contributed by atoms with Gasteiger partial charge in [0.15, 0.2) is 5.78 Å². The fraction of sp³-hybridized carbons (Fsp3) is 0.400. The van der Waals surface area contributed by atoms with Crippen LogP contribution in [-0.4, -0.2) is 18.9 Å². The van der Waals surface area contributed by atoms with Gasteiger partial charge in [0.2, 0.25) is 0 Å². The summed E-state index contributed by atoms with van der Waals surface area (Å²) in [7, 11) is 1.33. The number of ketones is 1. The molecule has 0 aromatic heterocycles. The smallest absolute Gasteiger partial charge is 0.317 e. The predicted molar refractivity (Wildman–Crippen MR) is 45.8 cm³/mol. The fourth-order valence-electron chi connectivity index (χ4n) is 2.21. The zero-order valence-electron chi connectivity index (χ0n) is 7.32. The molecule has 2 aliphatic carbocycles. The molecule has 1 saturated carbocycles. The molecule has 2 aliphatic rings. The molecule has 3 heteroatoms. The van der Waals surface area contributed by atoms with Gasteiger partial charge in [-0.1, -0.05) is 12.2 Å². The minimum absolute atomic E-state index is 0.00931. The Morgan fingerprint density at radius 3 is 2.85 bits per heavy atom. The monoisotopic (exact) mass is 178 g/mol. The third-order valence-corrected chi connectivity index (χ3v) is 2.97. The number of ether oxygens (including phenoxy) is 1. The van der Waals surface area contributed by atoms with Gasteiger partial charge < -0.3 is 4.74 Å². The van der Waals surface area contributed by atoms with E-state index in [9.17, 15) is 9.59 Å². The van der Waals surface area contributed by atoms with Crippen LogP contribution in [0.25, 0.3) is 0 Å². The van der Waals surface area contributed by atoms with Gasteiger partial charge in [0.05, 0.1) is 7.11 Å². The first-order valence-electron chi connectivity index (χ1n) is 4.12. The van der Waals surface area contributed by atoms with Crippen molar-refractivity contribution in [2.45, 2.75) is 0 Å². The second-order valence-electron chi connectivity index (χ2n) is 3.39. The molecular formula is C10H10O3. The van der Waals surface area contributed by atoms with Crippen molar-refractivity contribution in [2.24, 2.45) is 17.3 Å². The lowest BCUT2D eigenvalue weighted by Gasteiger charge is -2.09. The highest BCUT2D eigenvalue weighted by Crippen LogP contribution is 2.64. The summed E-state index contributed by atoms with van der Waals surface area (Å²) < 4.78 is 4.66. The van der Waals surface area contributed by atoms with Crippen molar-refractivity contribution in [3.8, 4) is 0 Å². The molecule has 0 aromatic rings. The third kappa shape index (κ3) is 0.742. The van der Waals surface area contributed by atoms with Crippen molar-refractivity contribution in [1.29, 1.82) is 0 Å². The van der Waals surface area contributed by atoms with Crippen LogP contribution in [0.2, 0.25) is 0 Å². The van der Waals surface area contributed by atoms with Gasteiger partial charge in [-0.3, -0.25) is 9.59 Å². The second-order valence-corrected chi connectivity index (χ2v) is 3.39. The normalized spacial score (nSPS) is 39.9. The van der Waals surface area contributed by atoms with Crippen LogP contribution in [0, 0.1) is 17.3 Å². The first-order chi connectivity index (χ1) is 6.18. The number of carbonyl (C=O) groups is 2. The van der Waals surface area contributed by atoms with Crippen molar-refractivity contribution in [3.63, 3.8) is 0 Å². The van der Waals surface area contributed by atoms with Gasteiger partial charge in [0.25, 0.3) is 0 Å². The van der Waals surface area contributed by atoms with Crippen molar-refractivity contribution < 1.29 is 14.3 Å². The molecule has 0 bridgehead atoms. The standard InChI is InChI=1S/C10H10O3/c1-3-10(9(12)13-2)6-4-5-7(11)8(6)10/h3-6,8H,1H2,2H3. The van der Waals surface area contributed by atoms with Crippen LogP contribution in [0.15, 0.2) is 24.8 Å². The molecule has 0 aromatic carbocycles. The topological polar surface area (TPSA) is 43.4 Å². The lowest BCUT2D eigenvalue weighted by molar-refractivity contribution is -0.146. The van der Waals surface area contributed by atoms with Gasteiger partial charge >= 0.3 is 5.97 Å². The fourth-order valence-corrected chi connectivity index (χ4v) is 2.21. The van der Waals surface area contributed by atoms with E-state index in [2.05, 4.69) is 11.3 Å². The summed E-state index contributed by atoms with van der Waals surface area (Å²) in [5.74, 6) is -0.590. The first kappa shape index (κ1) is 8.23. The summed E-state index contributed by atoms with van der Waals surface area (Å²) in [6.45, 7) is 3.59. The van der Waals surface area contributed by atoms with Crippen molar-refractivity contribution >= 4 is 11.8 Å². The van der Waals surface area contributed by atoms with E-state index in [4.69, 9.17) is 0 Å². The maximum atomic E-state index is 11.4. The quantitative estimate of drug-likeness (QED) is 0.462. The minimum atomic E-state index is -0.749. The molecule has 3 nitrogen and oxygen atoms in total. The molecule has 0 saturated heterocycles. The number of esters is 1. The largest absolute Gasteiger partial charge is 0.468 e. The molecule has 0 aliphatic heterocycles. The lowest BCUT2D eigenvalue weighted by Crippen LogP contribution is -2.21. The zero-order chi connectivity index (χ0) is 9.64. The highest BCUT2D eigenvalue weighted by molar-refractivity contribution is 6.05. The molecular weight excluding hydrogens is 168 g/mol. The van der Waals surface area contributed by atoms with E-state index in [1.54, 1.807) is 6.08 Å². The van der Waals surface area contributed by atoms with Crippen LogP contribution >= 0.6 is 0 Å². The van der Waals surface area contributed by atoms with E-state index in [-0.39, 0.29) is 23.6 Å². The molecule has 68 valence electrons. The summed E-state index contributed by atoms with van der Waals surface area (Å²) in [4.78, 5) is 22.7. The van der Waals surface area contributed by atoms with Crippen LogP contribution in [0.1, 0.15) is 0 Å². The van der Waals surface area contributed by atoms with Crippen LogP contribution in [0.5, 0.6) is 0 Å². The SMILES string of the molecule is C=CC1(C(=O)OC)C2C=CC(=O)C21. The Morgan fingerprint density at radius 2 is 2.46 bits per heavy atom. The van der Waals surface area contributed by atoms with Gasteiger partial charge in [-0.05, 0) is 6.08 Å². The zero-order valence-corrected chi connectivity index (χ0v) is 7.32. The maximum Gasteiger partial charge on any atom is 0.317 e. The van der Waals surface area contributed by atoms with Crippen molar-refractivity contribution in [2.75, 3.05) is 7.11 Å². The second kappa shape index (κ2) is 2.31. The van der Waals surface area contributed by atoms with E-state index in [1.165, 1.54) is 19.3 Å². The predicted octanol–water partition coefficient (Wildman–Crippen LogP) is 0.717. The van der Waals surface area contributed by atoms with Gasteiger partial charge in [0.1, 0.15) is 5.41 Å². The number of hydrogen-bond donors (Lipinski definition) is 0. The summed E-state index contributed by atoms with van der Waals surface area (Å²) >= 11 is 0. The Bertz CT molecular complexity index is 329. The molecule has 0 amide bonds. The van der Waals surface area contributed by atoms with Gasteiger partial charge in [-0.2, -0.15) is 0 Å². The molecule has 0 radical (unpaired) electrons. The average Bonchev–Trinajstić information content (AvgIpc) is 2.67. The number of carbonyl (C=O) groups excluding carboxylic acids is 2. The average molecular weight is 178 g/mol. The van der Waals surface area contributed by atoms with Crippen LogP contribution < -0.4 is 0 Å². The summed E-state index contributed by atoms with van der Waals surface area (Å²) in [5, 5.41) is 0. The van der Waals surface area contributed by atoms with Crippen LogP contribution in [0.4, 0.5) is 0 Å². The first-order valence-corrected chi connectivity index (χ1v) is 4.12. The highest BCUT2D eigenvalue weighted by atomic mass is 16.5. The molecule has 13 heavy (non-hydrogen) atoms. The van der Waals surface area contributed by atoms with Gasteiger partial charge in [-0.25, -0.2) is 0 Å². The van der Waals surface area contributed by atoms with E-state index in [0.717, 1.165) is 0 Å². The van der Waals surface area contributed by atoms with Crippen LogP contribution in [-0.2, 0) is 14.3 Å². The van der Waals surface area contributed by atoms with Crippen molar-refractivity contribution in [1.82, 2.24) is 0 Å². The molecule has 2 rings (SSSR count). The summed E-state index contributed by atoms with van der Waals surface area (Å²) in [6, 6.07) is 0. The molecule has 1 fully saturated rings. The molecule has 0 heterocycles. The minimum Gasteiger partial charge on any atom is -0.468 e. The Labute approximate surface area is 76.1 Å². The van der Waals surface area contributed by atoms with E-state index in [0.29, 0.717) is 0 Å². The number of fused-ring (bicyclic) bond motifs is 1. The van der Waals surface area contributed by atoms with E-state index in [1.807, 2.05) is 0 Å². The third-order valence-electron chi connectivity index (χ3n) is 2.97. The molecule has 0 N–H and O–H groups in total. The van der Waals surface area contributed by atoms with Gasteiger partial charge in [0, 0.05) is 11.8 Å². The van der Waals surface area contributed by atoms with Crippen molar-refractivity contribution in [3.05, 3.63) is 24.8 Å². The number of methoxy groups -OCH3 is 1. The molecule has 3 unspecified atom stereocenters. The van der Waals surface area contributed by atoms with Crippen LogP contribution in [0.3, 0.4) is 0 Å². The lowest BCUT2D eigenvalue weighted by atomic mass is 9.98.